The van der Waals surface area contributed by atoms with Gasteiger partial charge in [-0.25, -0.2) is 4.98 Å². The predicted octanol–water partition coefficient (Wildman–Crippen LogP) is 3.26. The van der Waals surface area contributed by atoms with Gasteiger partial charge in [0.1, 0.15) is 5.65 Å². The van der Waals surface area contributed by atoms with Crippen LogP contribution in [0.3, 0.4) is 0 Å². The van der Waals surface area contributed by atoms with Crippen molar-refractivity contribution in [2.24, 2.45) is 5.73 Å². The maximum absolute atomic E-state index is 13.2. The van der Waals surface area contributed by atoms with Crippen LogP contribution in [0.4, 0.5) is 0 Å². The Morgan fingerprint density at radius 2 is 1.81 bits per heavy atom. The minimum absolute atomic E-state index is 0.188. The third kappa shape index (κ3) is 2.87. The lowest BCUT2D eigenvalue weighted by atomic mass is 9.95. The van der Waals surface area contributed by atoms with Crippen LogP contribution in [0.2, 0.25) is 0 Å². The van der Waals surface area contributed by atoms with Gasteiger partial charge in [0.25, 0.3) is 0 Å². The summed E-state index contributed by atoms with van der Waals surface area (Å²) in [6, 6.07) is 10.7. The third-order valence-electron chi connectivity index (χ3n) is 4.61. The van der Waals surface area contributed by atoms with Crippen molar-refractivity contribution < 1.29 is 9.59 Å². The van der Waals surface area contributed by atoms with Gasteiger partial charge in [-0.3, -0.25) is 14.6 Å². The fraction of sp³-hybridized carbons (Fsp3) is 0.0476. The lowest BCUT2D eigenvalue weighted by molar-refractivity contribution is 0.0999. The monoisotopic (exact) mass is 356 g/mol. The average Bonchev–Trinajstić information content (AvgIpc) is 3.11. The fourth-order valence-electron chi connectivity index (χ4n) is 3.18. The number of H-pyrrole nitrogens is 1. The van der Waals surface area contributed by atoms with Gasteiger partial charge in [0.15, 0.2) is 5.78 Å². The number of hydrogen-bond donors (Lipinski definition) is 2. The van der Waals surface area contributed by atoms with Gasteiger partial charge in [0.05, 0.1) is 0 Å². The van der Waals surface area contributed by atoms with Crippen molar-refractivity contribution >= 4 is 22.7 Å². The van der Waals surface area contributed by atoms with Crippen LogP contribution in [0.5, 0.6) is 0 Å². The first-order valence-electron chi connectivity index (χ1n) is 8.38. The highest BCUT2D eigenvalue weighted by molar-refractivity contribution is 6.17. The summed E-state index contributed by atoms with van der Waals surface area (Å²) in [6.45, 7) is 1.72. The van der Waals surface area contributed by atoms with Crippen LogP contribution in [0.15, 0.2) is 61.2 Å². The molecule has 3 aromatic heterocycles. The quantitative estimate of drug-likeness (QED) is 0.548. The lowest BCUT2D eigenvalue weighted by Crippen LogP contribution is -2.15. The summed E-state index contributed by atoms with van der Waals surface area (Å²) in [4.78, 5) is 36.3. The van der Waals surface area contributed by atoms with Gasteiger partial charge in [-0.2, -0.15) is 0 Å². The van der Waals surface area contributed by atoms with Gasteiger partial charge in [-0.15, -0.1) is 0 Å². The maximum atomic E-state index is 13.2. The second-order valence-corrected chi connectivity index (χ2v) is 6.24. The Bertz CT molecular complexity index is 1180. The van der Waals surface area contributed by atoms with Crippen LogP contribution >= 0.6 is 0 Å². The van der Waals surface area contributed by atoms with E-state index in [1.807, 2.05) is 18.2 Å². The molecular formula is C21H16N4O2. The van der Waals surface area contributed by atoms with E-state index in [0.717, 1.165) is 11.1 Å². The number of nitrogens with one attached hydrogen (secondary N) is 1. The van der Waals surface area contributed by atoms with E-state index >= 15 is 0 Å². The van der Waals surface area contributed by atoms with Crippen LogP contribution in [-0.4, -0.2) is 26.6 Å². The number of fused-ring (bicyclic) bond motifs is 1. The van der Waals surface area contributed by atoms with Crippen LogP contribution in [0.1, 0.15) is 31.8 Å². The normalized spacial score (nSPS) is 10.9. The Kier molecular flexibility index (Phi) is 4.01. The maximum Gasteiger partial charge on any atom is 0.248 e. The van der Waals surface area contributed by atoms with Gasteiger partial charge < -0.3 is 10.7 Å². The summed E-state index contributed by atoms with van der Waals surface area (Å²) in [5, 5.41) is 0.713. The second kappa shape index (κ2) is 6.49. The predicted molar refractivity (Wildman–Crippen MR) is 102 cm³/mol. The minimum atomic E-state index is -0.554. The molecule has 0 fully saturated rings. The zero-order valence-corrected chi connectivity index (χ0v) is 14.6. The number of aromatic amines is 1. The molecule has 132 valence electrons. The Balaban J connectivity index is 1.84. The SMILES string of the molecule is Cc1c(C(N)=O)cccc1C(=O)c1c[nH]c2ncc(-c3cccnc3)cc12. The summed E-state index contributed by atoms with van der Waals surface area (Å²) in [6.07, 6.45) is 6.83. The molecule has 1 aromatic carbocycles. The zero-order chi connectivity index (χ0) is 19.0. The molecule has 3 heterocycles. The first kappa shape index (κ1) is 16.7. The largest absolute Gasteiger partial charge is 0.366 e. The average molecular weight is 356 g/mol. The number of primary amides is 1. The van der Waals surface area contributed by atoms with E-state index in [1.165, 1.54) is 0 Å². The highest BCUT2D eigenvalue weighted by Gasteiger charge is 2.19. The van der Waals surface area contributed by atoms with Crippen molar-refractivity contribution in [3.05, 3.63) is 83.4 Å². The topological polar surface area (TPSA) is 102 Å². The Morgan fingerprint density at radius 1 is 1.00 bits per heavy atom. The van der Waals surface area contributed by atoms with E-state index in [1.54, 1.807) is 49.9 Å². The summed E-state index contributed by atoms with van der Waals surface area (Å²) in [7, 11) is 0. The van der Waals surface area contributed by atoms with Crippen molar-refractivity contribution in [3.63, 3.8) is 0 Å². The molecule has 0 bridgehead atoms. The standard InChI is InChI=1S/C21H16N4O2/c1-12-15(5-2-6-16(12)20(22)27)19(26)18-11-25-21-17(18)8-14(10-24-21)13-4-3-7-23-9-13/h2-11H,1H3,(H2,22,27)(H,24,25). The number of nitrogens with zero attached hydrogens (tertiary/aromatic N) is 2. The van der Waals surface area contributed by atoms with Crippen LogP contribution in [0, 0.1) is 6.92 Å². The number of rotatable bonds is 4. The molecule has 3 N–H and O–H groups in total. The summed E-state index contributed by atoms with van der Waals surface area (Å²) < 4.78 is 0. The first-order valence-corrected chi connectivity index (χ1v) is 8.38. The Hall–Kier alpha value is -3.80. The van der Waals surface area contributed by atoms with E-state index in [9.17, 15) is 9.59 Å². The molecule has 0 saturated heterocycles. The number of pyridine rings is 2. The van der Waals surface area contributed by atoms with Crippen LogP contribution in [0.25, 0.3) is 22.2 Å². The zero-order valence-electron chi connectivity index (χ0n) is 14.6. The van der Waals surface area contributed by atoms with E-state index in [0.29, 0.717) is 33.3 Å². The van der Waals surface area contributed by atoms with Crippen molar-refractivity contribution in [1.29, 1.82) is 0 Å². The van der Waals surface area contributed by atoms with E-state index in [4.69, 9.17) is 5.73 Å². The number of amides is 1. The van der Waals surface area contributed by atoms with E-state index in [2.05, 4.69) is 15.0 Å². The molecule has 0 unspecified atom stereocenters. The fourth-order valence-corrected chi connectivity index (χ4v) is 3.18. The molecule has 0 aliphatic heterocycles. The third-order valence-corrected chi connectivity index (χ3v) is 4.61. The van der Waals surface area contributed by atoms with Crippen LogP contribution in [-0.2, 0) is 0 Å². The number of ketones is 1. The molecule has 4 rings (SSSR count). The Labute approximate surface area is 155 Å². The van der Waals surface area contributed by atoms with Gasteiger partial charge in [-0.05, 0) is 30.7 Å². The van der Waals surface area contributed by atoms with Gasteiger partial charge in [-0.1, -0.05) is 18.2 Å². The van der Waals surface area contributed by atoms with Gasteiger partial charge >= 0.3 is 0 Å². The molecule has 1 amide bonds. The highest BCUT2D eigenvalue weighted by atomic mass is 16.1. The van der Waals surface area contributed by atoms with E-state index in [-0.39, 0.29) is 5.78 Å². The summed E-state index contributed by atoms with van der Waals surface area (Å²) in [5.41, 5.74) is 9.66. The number of hydrogen-bond acceptors (Lipinski definition) is 4. The van der Waals surface area contributed by atoms with Crippen LogP contribution < -0.4 is 5.73 Å². The molecule has 0 atom stereocenters. The van der Waals surface area contributed by atoms with E-state index < -0.39 is 5.91 Å². The first-order chi connectivity index (χ1) is 13.1. The van der Waals surface area contributed by atoms with Gasteiger partial charge in [0, 0.05) is 58.0 Å². The molecular weight excluding hydrogens is 340 g/mol. The number of nitrogens with two attached hydrogens (primary N) is 1. The number of carbonyl (C=O) groups excluding carboxylic acids is 2. The molecule has 0 aliphatic carbocycles. The Morgan fingerprint density at radius 3 is 2.56 bits per heavy atom. The summed E-state index contributed by atoms with van der Waals surface area (Å²) >= 11 is 0. The van der Waals surface area contributed by atoms with Crippen molar-refractivity contribution in [2.45, 2.75) is 6.92 Å². The van der Waals surface area contributed by atoms with Crippen molar-refractivity contribution in [2.75, 3.05) is 0 Å². The molecule has 4 aromatic rings. The number of benzene rings is 1. The lowest BCUT2D eigenvalue weighted by Gasteiger charge is -2.08. The van der Waals surface area contributed by atoms with Crippen molar-refractivity contribution in [3.8, 4) is 11.1 Å². The van der Waals surface area contributed by atoms with Crippen molar-refractivity contribution in [1.82, 2.24) is 15.0 Å². The number of aromatic nitrogens is 3. The molecule has 0 aliphatic rings. The molecule has 0 spiro atoms. The highest BCUT2D eigenvalue weighted by Crippen LogP contribution is 2.27. The molecule has 0 radical (unpaired) electrons. The van der Waals surface area contributed by atoms with Gasteiger partial charge in [0.2, 0.25) is 5.91 Å². The smallest absolute Gasteiger partial charge is 0.248 e. The minimum Gasteiger partial charge on any atom is -0.366 e. The molecule has 0 saturated carbocycles. The number of carbonyl (C=O) groups is 2. The molecule has 6 heteroatoms. The molecule has 6 nitrogen and oxygen atoms in total. The summed E-state index contributed by atoms with van der Waals surface area (Å²) in [5.74, 6) is -0.742. The second-order valence-electron chi connectivity index (χ2n) is 6.24. The molecule has 27 heavy (non-hydrogen) atoms.